The molecule has 2 aromatic rings. The Morgan fingerprint density at radius 2 is 2.18 bits per heavy atom. The van der Waals surface area contributed by atoms with Gasteiger partial charge in [-0.1, -0.05) is 31.1 Å². The van der Waals surface area contributed by atoms with E-state index in [-0.39, 0.29) is 12.4 Å². The molecule has 0 atom stereocenters. The van der Waals surface area contributed by atoms with Crippen LogP contribution in [0.2, 0.25) is 0 Å². The van der Waals surface area contributed by atoms with Gasteiger partial charge in [-0.05, 0) is 36.0 Å². The lowest BCUT2D eigenvalue weighted by Crippen LogP contribution is -2.29. The highest BCUT2D eigenvalue weighted by molar-refractivity contribution is 5.85. The Balaban J connectivity index is 0.00000176. The maximum Gasteiger partial charge on any atom is 0.240 e. The predicted octanol–water partition coefficient (Wildman–Crippen LogP) is 3.03. The van der Waals surface area contributed by atoms with E-state index >= 15 is 0 Å². The summed E-state index contributed by atoms with van der Waals surface area (Å²) in [6, 6.07) is 6.80. The van der Waals surface area contributed by atoms with Crippen LogP contribution in [0.1, 0.15) is 49.0 Å². The van der Waals surface area contributed by atoms with Crippen molar-refractivity contribution >= 4 is 18.1 Å². The molecule has 1 aliphatic heterocycles. The molecule has 0 fully saturated rings. The van der Waals surface area contributed by atoms with Gasteiger partial charge in [-0.2, -0.15) is 4.98 Å². The normalized spacial score (nSPS) is 13.9. The third kappa shape index (κ3) is 3.42. The van der Waals surface area contributed by atoms with Crippen molar-refractivity contribution in [1.82, 2.24) is 10.1 Å². The van der Waals surface area contributed by atoms with E-state index in [9.17, 15) is 0 Å². The Labute approximate surface area is 137 Å². The first-order chi connectivity index (χ1) is 10.2. The van der Waals surface area contributed by atoms with Gasteiger partial charge in [-0.25, -0.2) is 0 Å². The van der Waals surface area contributed by atoms with Gasteiger partial charge in [0, 0.05) is 12.2 Å². The van der Waals surface area contributed by atoms with Crippen LogP contribution < -0.4 is 10.6 Å². The summed E-state index contributed by atoms with van der Waals surface area (Å²) in [4.78, 5) is 6.62. The Morgan fingerprint density at radius 3 is 2.86 bits per heavy atom. The van der Waals surface area contributed by atoms with Crippen LogP contribution in [-0.4, -0.2) is 16.7 Å². The van der Waals surface area contributed by atoms with Crippen molar-refractivity contribution < 1.29 is 4.52 Å². The molecule has 6 heteroatoms. The second-order valence-corrected chi connectivity index (χ2v) is 5.88. The summed E-state index contributed by atoms with van der Waals surface area (Å²) in [5.74, 6) is 1.77. The maximum absolute atomic E-state index is 5.51. The number of hydrogen-bond acceptors (Lipinski definition) is 5. The van der Waals surface area contributed by atoms with E-state index in [1.54, 1.807) is 0 Å². The summed E-state index contributed by atoms with van der Waals surface area (Å²) in [5, 5.41) is 3.99. The Bertz CT molecular complexity index is 626. The van der Waals surface area contributed by atoms with Crippen LogP contribution >= 0.6 is 12.4 Å². The van der Waals surface area contributed by atoms with Gasteiger partial charge in [0.15, 0.2) is 5.82 Å². The molecule has 0 unspecified atom stereocenters. The van der Waals surface area contributed by atoms with Crippen molar-refractivity contribution in [1.29, 1.82) is 0 Å². The van der Waals surface area contributed by atoms with Gasteiger partial charge in [0.2, 0.25) is 5.89 Å². The van der Waals surface area contributed by atoms with Crippen molar-refractivity contribution in [2.24, 2.45) is 5.73 Å². The molecule has 22 heavy (non-hydrogen) atoms. The number of aromatic nitrogens is 2. The molecule has 2 heterocycles. The number of anilines is 1. The highest BCUT2D eigenvalue weighted by atomic mass is 35.5. The van der Waals surface area contributed by atoms with Crippen molar-refractivity contribution in [3.05, 3.63) is 41.0 Å². The Morgan fingerprint density at radius 1 is 1.36 bits per heavy atom. The maximum atomic E-state index is 5.51. The van der Waals surface area contributed by atoms with E-state index in [0.717, 1.165) is 19.4 Å². The highest BCUT2D eigenvalue weighted by Gasteiger charge is 2.19. The van der Waals surface area contributed by atoms with Crippen molar-refractivity contribution in [2.45, 2.75) is 45.7 Å². The number of benzene rings is 1. The zero-order chi connectivity index (χ0) is 14.8. The standard InChI is InChI=1S/C16H22N4O.ClH/c1-11(2)12-5-6-14-13(8-12)4-3-7-20(14)10-15-18-16(9-17)21-19-15;/h5-6,8,11H,3-4,7,9-10,17H2,1-2H3;1H. The van der Waals surface area contributed by atoms with Crippen molar-refractivity contribution in [2.75, 3.05) is 11.4 Å². The number of aryl methyl sites for hydroxylation is 1. The zero-order valence-corrected chi connectivity index (χ0v) is 13.9. The average molecular weight is 323 g/mol. The Kier molecular flexibility index (Phi) is 5.42. The van der Waals surface area contributed by atoms with Crippen LogP contribution in [0.25, 0.3) is 0 Å². The van der Waals surface area contributed by atoms with Crippen LogP contribution in [0.4, 0.5) is 5.69 Å². The molecule has 0 spiro atoms. The molecule has 120 valence electrons. The molecule has 1 aliphatic rings. The third-order valence-corrected chi connectivity index (χ3v) is 4.00. The van der Waals surface area contributed by atoms with E-state index in [2.05, 4.69) is 47.1 Å². The number of fused-ring (bicyclic) bond motifs is 1. The molecule has 5 nitrogen and oxygen atoms in total. The van der Waals surface area contributed by atoms with Crippen LogP contribution in [0, 0.1) is 0 Å². The van der Waals surface area contributed by atoms with Crippen LogP contribution in [0.5, 0.6) is 0 Å². The van der Waals surface area contributed by atoms with E-state index in [4.69, 9.17) is 10.3 Å². The molecule has 1 aromatic heterocycles. The molecule has 1 aromatic carbocycles. The number of hydrogen-bond donors (Lipinski definition) is 1. The third-order valence-electron chi connectivity index (χ3n) is 4.00. The molecule has 2 N–H and O–H groups in total. The van der Waals surface area contributed by atoms with Crippen LogP contribution in [0.3, 0.4) is 0 Å². The van der Waals surface area contributed by atoms with Gasteiger partial charge >= 0.3 is 0 Å². The Hall–Kier alpha value is -1.59. The first-order valence-corrected chi connectivity index (χ1v) is 7.56. The number of nitrogens with zero attached hydrogens (tertiary/aromatic N) is 3. The van der Waals surface area contributed by atoms with Gasteiger partial charge < -0.3 is 15.2 Å². The lowest BCUT2D eigenvalue weighted by atomic mass is 9.95. The number of nitrogens with two attached hydrogens (primary N) is 1. The fourth-order valence-electron chi connectivity index (χ4n) is 2.83. The second kappa shape index (κ2) is 7.11. The van der Waals surface area contributed by atoms with Crippen LogP contribution in [-0.2, 0) is 19.5 Å². The van der Waals surface area contributed by atoms with Gasteiger partial charge in [0.05, 0.1) is 13.1 Å². The first kappa shape index (κ1) is 16.8. The lowest BCUT2D eigenvalue weighted by molar-refractivity contribution is 0.374. The largest absolute Gasteiger partial charge is 0.364 e. The smallest absolute Gasteiger partial charge is 0.240 e. The van der Waals surface area contributed by atoms with Gasteiger partial charge in [0.25, 0.3) is 0 Å². The predicted molar refractivity (Wildman–Crippen MR) is 89.3 cm³/mol. The fraction of sp³-hybridized carbons (Fsp3) is 0.500. The van der Waals surface area contributed by atoms with Crippen molar-refractivity contribution in [3.63, 3.8) is 0 Å². The fourth-order valence-corrected chi connectivity index (χ4v) is 2.83. The summed E-state index contributed by atoms with van der Waals surface area (Å²) in [6.45, 7) is 6.46. The molecule has 0 saturated heterocycles. The zero-order valence-electron chi connectivity index (χ0n) is 13.1. The monoisotopic (exact) mass is 322 g/mol. The van der Waals surface area contributed by atoms with Crippen LogP contribution in [0.15, 0.2) is 22.7 Å². The number of rotatable bonds is 4. The van der Waals surface area contributed by atoms with E-state index in [0.29, 0.717) is 30.7 Å². The van der Waals surface area contributed by atoms with Gasteiger partial charge in [0.1, 0.15) is 0 Å². The molecule has 0 saturated carbocycles. The topological polar surface area (TPSA) is 68.2 Å². The molecule has 0 radical (unpaired) electrons. The summed E-state index contributed by atoms with van der Waals surface area (Å²) < 4.78 is 5.08. The van der Waals surface area contributed by atoms with Gasteiger partial charge in [-0.3, -0.25) is 0 Å². The average Bonchev–Trinajstić information content (AvgIpc) is 2.94. The summed E-state index contributed by atoms with van der Waals surface area (Å²) in [5.41, 5.74) is 9.63. The molecule has 3 rings (SSSR count). The van der Waals surface area contributed by atoms with E-state index < -0.39 is 0 Å². The molecular formula is C16H23ClN4O. The highest BCUT2D eigenvalue weighted by Crippen LogP contribution is 2.30. The SMILES string of the molecule is CC(C)c1ccc2c(c1)CCCN2Cc1noc(CN)n1.Cl. The van der Waals surface area contributed by atoms with Gasteiger partial charge in [-0.15, -0.1) is 12.4 Å². The lowest BCUT2D eigenvalue weighted by Gasteiger charge is -2.31. The minimum atomic E-state index is 0. The molecular weight excluding hydrogens is 300 g/mol. The second-order valence-electron chi connectivity index (χ2n) is 5.88. The molecule has 0 bridgehead atoms. The molecule has 0 amide bonds. The summed E-state index contributed by atoms with van der Waals surface area (Å²) in [6.07, 6.45) is 2.31. The summed E-state index contributed by atoms with van der Waals surface area (Å²) in [7, 11) is 0. The quantitative estimate of drug-likeness (QED) is 0.937. The molecule has 0 aliphatic carbocycles. The summed E-state index contributed by atoms with van der Waals surface area (Å²) >= 11 is 0. The van der Waals surface area contributed by atoms with Crippen molar-refractivity contribution in [3.8, 4) is 0 Å². The van der Waals surface area contributed by atoms with E-state index in [1.807, 2.05) is 0 Å². The minimum absolute atomic E-state index is 0. The van der Waals surface area contributed by atoms with E-state index in [1.165, 1.54) is 16.8 Å². The number of halogens is 1. The first-order valence-electron chi connectivity index (χ1n) is 7.56. The minimum Gasteiger partial charge on any atom is -0.364 e.